The van der Waals surface area contributed by atoms with Gasteiger partial charge in [0.25, 0.3) is 0 Å². The van der Waals surface area contributed by atoms with Crippen molar-refractivity contribution in [2.75, 3.05) is 11.9 Å². The average molecular weight is 249 g/mol. The summed E-state index contributed by atoms with van der Waals surface area (Å²) in [4.78, 5) is 0. The molecule has 0 aromatic heterocycles. The standard InChI is InChI=1S/C14H17ClN2/c1-2-14(7-4-8-14)10-17-13-6-3-5-12(15)11(13)9-16/h3,5-6,17H,2,4,7-8,10H2,1H3. The van der Waals surface area contributed by atoms with E-state index < -0.39 is 0 Å². The van der Waals surface area contributed by atoms with Crippen LogP contribution in [0.25, 0.3) is 0 Å². The van der Waals surface area contributed by atoms with Crippen molar-refractivity contribution in [1.82, 2.24) is 0 Å². The molecule has 2 nitrogen and oxygen atoms in total. The van der Waals surface area contributed by atoms with E-state index in [1.165, 1.54) is 25.7 Å². The number of hydrogen-bond acceptors (Lipinski definition) is 2. The second-order valence-electron chi connectivity index (χ2n) is 4.83. The number of anilines is 1. The first-order chi connectivity index (χ1) is 8.21. The molecule has 0 amide bonds. The zero-order valence-electron chi connectivity index (χ0n) is 10.1. The molecule has 1 N–H and O–H groups in total. The second-order valence-corrected chi connectivity index (χ2v) is 5.24. The number of halogens is 1. The highest BCUT2D eigenvalue weighted by molar-refractivity contribution is 6.32. The molecule has 0 unspecified atom stereocenters. The molecule has 1 aliphatic rings. The fourth-order valence-electron chi connectivity index (χ4n) is 2.40. The van der Waals surface area contributed by atoms with Gasteiger partial charge in [-0.15, -0.1) is 0 Å². The second kappa shape index (κ2) is 4.98. The van der Waals surface area contributed by atoms with E-state index in [-0.39, 0.29) is 0 Å². The zero-order valence-corrected chi connectivity index (χ0v) is 10.8. The van der Waals surface area contributed by atoms with Gasteiger partial charge in [-0.1, -0.05) is 31.0 Å². The van der Waals surface area contributed by atoms with Crippen LogP contribution < -0.4 is 5.32 Å². The van der Waals surface area contributed by atoms with Crippen molar-refractivity contribution in [3.8, 4) is 6.07 Å². The van der Waals surface area contributed by atoms with Crippen molar-refractivity contribution in [3.05, 3.63) is 28.8 Å². The van der Waals surface area contributed by atoms with Crippen LogP contribution in [0.15, 0.2) is 18.2 Å². The molecule has 1 fully saturated rings. The molecule has 3 heteroatoms. The fraction of sp³-hybridized carbons (Fsp3) is 0.500. The van der Waals surface area contributed by atoms with E-state index in [0.29, 0.717) is 16.0 Å². The van der Waals surface area contributed by atoms with Gasteiger partial charge in [0, 0.05) is 6.54 Å². The van der Waals surface area contributed by atoms with Crippen LogP contribution in [0.5, 0.6) is 0 Å². The smallest absolute Gasteiger partial charge is 0.103 e. The minimum absolute atomic E-state index is 0.440. The molecule has 90 valence electrons. The summed E-state index contributed by atoms with van der Waals surface area (Å²) in [6, 6.07) is 7.72. The molecule has 1 aromatic carbocycles. The molecule has 1 aliphatic carbocycles. The number of hydrogen-bond donors (Lipinski definition) is 1. The summed E-state index contributed by atoms with van der Waals surface area (Å²) in [5, 5.41) is 13.0. The Morgan fingerprint density at radius 3 is 2.76 bits per heavy atom. The Balaban J connectivity index is 2.09. The van der Waals surface area contributed by atoms with Crippen LogP contribution in [0, 0.1) is 16.7 Å². The Morgan fingerprint density at radius 2 is 2.24 bits per heavy atom. The van der Waals surface area contributed by atoms with E-state index in [2.05, 4.69) is 18.3 Å². The maximum Gasteiger partial charge on any atom is 0.103 e. The molecule has 1 aromatic rings. The molecule has 17 heavy (non-hydrogen) atoms. The van der Waals surface area contributed by atoms with Crippen LogP contribution in [0.4, 0.5) is 5.69 Å². The highest BCUT2D eigenvalue weighted by Gasteiger charge is 2.34. The third-order valence-corrected chi connectivity index (χ3v) is 4.26. The largest absolute Gasteiger partial charge is 0.383 e. The topological polar surface area (TPSA) is 35.8 Å². The van der Waals surface area contributed by atoms with Gasteiger partial charge in [0.15, 0.2) is 0 Å². The average Bonchev–Trinajstić information content (AvgIpc) is 2.28. The lowest BCUT2D eigenvalue weighted by atomic mass is 9.67. The minimum atomic E-state index is 0.440. The van der Waals surface area contributed by atoms with E-state index in [4.69, 9.17) is 16.9 Å². The van der Waals surface area contributed by atoms with Crippen LogP contribution >= 0.6 is 11.6 Å². The monoisotopic (exact) mass is 248 g/mol. The van der Waals surface area contributed by atoms with Gasteiger partial charge in [0.2, 0.25) is 0 Å². The first-order valence-electron chi connectivity index (χ1n) is 6.13. The summed E-state index contributed by atoms with van der Waals surface area (Å²) >= 11 is 6.00. The van der Waals surface area contributed by atoms with Gasteiger partial charge in [-0.3, -0.25) is 0 Å². The summed E-state index contributed by atoms with van der Waals surface area (Å²) in [5.74, 6) is 0. The summed E-state index contributed by atoms with van der Waals surface area (Å²) in [6.45, 7) is 3.18. The van der Waals surface area contributed by atoms with Crippen LogP contribution in [-0.4, -0.2) is 6.54 Å². The van der Waals surface area contributed by atoms with Crippen molar-refractivity contribution < 1.29 is 0 Å². The predicted octanol–water partition coefficient (Wildman–Crippen LogP) is 4.20. The maximum absolute atomic E-state index is 9.08. The third-order valence-electron chi connectivity index (χ3n) is 3.94. The van der Waals surface area contributed by atoms with Gasteiger partial charge in [-0.2, -0.15) is 5.26 Å². The molecule has 1 saturated carbocycles. The molecule has 0 atom stereocenters. The van der Waals surface area contributed by atoms with Crippen LogP contribution in [0.3, 0.4) is 0 Å². The van der Waals surface area contributed by atoms with Gasteiger partial charge < -0.3 is 5.32 Å². The zero-order chi connectivity index (χ0) is 12.3. The quantitative estimate of drug-likeness (QED) is 0.867. The van der Waals surface area contributed by atoms with Crippen LogP contribution in [0.1, 0.15) is 38.2 Å². The fourth-order valence-corrected chi connectivity index (χ4v) is 2.62. The highest BCUT2D eigenvalue weighted by Crippen LogP contribution is 2.43. The molecular formula is C14H17ClN2. The third kappa shape index (κ3) is 2.40. The summed E-state index contributed by atoms with van der Waals surface area (Å²) in [7, 11) is 0. The molecule has 0 aliphatic heterocycles. The highest BCUT2D eigenvalue weighted by atomic mass is 35.5. The van der Waals surface area contributed by atoms with Gasteiger partial charge in [0.1, 0.15) is 6.07 Å². The molecule has 0 spiro atoms. The van der Waals surface area contributed by atoms with Crippen molar-refractivity contribution >= 4 is 17.3 Å². The summed E-state index contributed by atoms with van der Waals surface area (Å²) in [5.41, 5.74) is 1.86. The Kier molecular flexibility index (Phi) is 3.59. The Hall–Kier alpha value is -1.20. The van der Waals surface area contributed by atoms with Crippen molar-refractivity contribution in [2.24, 2.45) is 5.41 Å². The molecule has 0 bridgehead atoms. The van der Waals surface area contributed by atoms with Gasteiger partial charge in [-0.05, 0) is 36.8 Å². The lowest BCUT2D eigenvalue weighted by molar-refractivity contribution is 0.145. The Morgan fingerprint density at radius 1 is 1.47 bits per heavy atom. The number of nitrogens with zero attached hydrogens (tertiary/aromatic N) is 1. The molecular weight excluding hydrogens is 232 g/mol. The van der Waals surface area contributed by atoms with E-state index in [1.54, 1.807) is 6.07 Å². The van der Waals surface area contributed by atoms with Gasteiger partial charge >= 0.3 is 0 Å². The van der Waals surface area contributed by atoms with E-state index in [9.17, 15) is 0 Å². The lowest BCUT2D eigenvalue weighted by Crippen LogP contribution is -2.36. The van der Waals surface area contributed by atoms with Crippen molar-refractivity contribution in [2.45, 2.75) is 32.6 Å². The predicted molar refractivity (Wildman–Crippen MR) is 71.2 cm³/mol. The number of rotatable bonds is 4. The molecule has 0 radical (unpaired) electrons. The number of nitrogens with one attached hydrogen (secondary N) is 1. The van der Waals surface area contributed by atoms with E-state index in [1.807, 2.05) is 12.1 Å². The maximum atomic E-state index is 9.08. The van der Waals surface area contributed by atoms with Gasteiger partial charge in [0.05, 0.1) is 16.3 Å². The normalized spacial score (nSPS) is 17.0. The first-order valence-corrected chi connectivity index (χ1v) is 6.51. The van der Waals surface area contributed by atoms with Crippen molar-refractivity contribution in [1.29, 1.82) is 5.26 Å². The first kappa shape index (κ1) is 12.3. The van der Waals surface area contributed by atoms with E-state index >= 15 is 0 Å². The Bertz CT molecular complexity index is 439. The summed E-state index contributed by atoms with van der Waals surface area (Å²) < 4.78 is 0. The molecule has 2 rings (SSSR count). The van der Waals surface area contributed by atoms with Crippen LogP contribution in [0.2, 0.25) is 5.02 Å². The molecule has 0 heterocycles. The SMILES string of the molecule is CCC1(CNc2cccc(Cl)c2C#N)CCC1. The van der Waals surface area contributed by atoms with Crippen molar-refractivity contribution in [3.63, 3.8) is 0 Å². The van der Waals surface area contributed by atoms with Crippen LogP contribution in [-0.2, 0) is 0 Å². The number of benzene rings is 1. The molecule has 0 saturated heterocycles. The van der Waals surface area contributed by atoms with E-state index in [0.717, 1.165) is 12.2 Å². The number of nitriles is 1. The Labute approximate surface area is 108 Å². The summed E-state index contributed by atoms with van der Waals surface area (Å²) in [6.07, 6.45) is 5.11. The van der Waals surface area contributed by atoms with Gasteiger partial charge in [-0.25, -0.2) is 0 Å². The lowest BCUT2D eigenvalue weighted by Gasteiger charge is -2.41. The minimum Gasteiger partial charge on any atom is -0.383 e.